The molecule has 0 aliphatic heterocycles. The number of aromatic nitrogens is 3. The molecule has 2 aromatic carbocycles. The fourth-order valence-corrected chi connectivity index (χ4v) is 3.59. The Bertz CT molecular complexity index is 1060. The van der Waals surface area contributed by atoms with Gasteiger partial charge < -0.3 is 4.84 Å². The van der Waals surface area contributed by atoms with Crippen molar-refractivity contribution < 1.29 is 9.63 Å². The Labute approximate surface area is 159 Å². The molecule has 0 aliphatic rings. The minimum absolute atomic E-state index is 0.0748. The summed E-state index contributed by atoms with van der Waals surface area (Å²) in [6.07, 6.45) is 2.47. The predicted molar refractivity (Wildman–Crippen MR) is 105 cm³/mol. The number of carbonyl (C=O) groups excluding carboxylic acids is 1. The molecule has 0 atom stereocenters. The van der Waals surface area contributed by atoms with Gasteiger partial charge in [0.05, 0.1) is 10.2 Å². The van der Waals surface area contributed by atoms with Crippen molar-refractivity contribution in [3.05, 3.63) is 71.9 Å². The summed E-state index contributed by atoms with van der Waals surface area (Å²) in [4.78, 5) is 30.7. The van der Waals surface area contributed by atoms with E-state index in [4.69, 9.17) is 4.84 Å². The van der Waals surface area contributed by atoms with Crippen molar-refractivity contribution in [1.29, 1.82) is 0 Å². The highest BCUT2D eigenvalue weighted by Gasteiger charge is 2.15. The zero-order valence-electron chi connectivity index (χ0n) is 14.5. The molecule has 6 nitrogen and oxygen atoms in total. The summed E-state index contributed by atoms with van der Waals surface area (Å²) in [5.41, 5.74) is 5.49. The van der Waals surface area contributed by atoms with Gasteiger partial charge in [0.25, 0.3) is 5.91 Å². The maximum absolute atomic E-state index is 12.1. The Hall–Kier alpha value is -3.32. The molecule has 134 valence electrons. The molecule has 27 heavy (non-hydrogen) atoms. The first-order valence-corrected chi connectivity index (χ1v) is 9.30. The summed E-state index contributed by atoms with van der Waals surface area (Å²) in [5.74, 6) is -0.361. The lowest BCUT2D eigenvalue weighted by atomic mass is 10.2. The SMILES string of the molecule is CCc1cnc(ONC(=O)c2ccccc2)nc1-c1nc2ccccc2s1. The van der Waals surface area contributed by atoms with Crippen LogP contribution in [-0.4, -0.2) is 20.9 Å². The molecule has 1 amide bonds. The first-order valence-electron chi connectivity index (χ1n) is 8.48. The Morgan fingerprint density at radius 2 is 1.85 bits per heavy atom. The standard InChI is InChI=1S/C20H16N4O2S/c1-2-13-12-21-20(26-24-18(25)14-8-4-3-5-9-14)23-17(13)19-22-15-10-6-7-11-16(15)27-19/h3-12H,2H2,1H3,(H,24,25). The first kappa shape index (κ1) is 17.1. The van der Waals surface area contributed by atoms with Gasteiger partial charge in [-0.05, 0) is 36.2 Å². The van der Waals surface area contributed by atoms with E-state index in [9.17, 15) is 4.79 Å². The predicted octanol–water partition coefficient (Wildman–Crippen LogP) is 4.04. The van der Waals surface area contributed by atoms with Crippen molar-refractivity contribution in [2.75, 3.05) is 0 Å². The van der Waals surface area contributed by atoms with E-state index in [0.717, 1.165) is 32.9 Å². The molecule has 0 spiro atoms. The van der Waals surface area contributed by atoms with Crippen LogP contribution < -0.4 is 10.3 Å². The number of benzene rings is 2. The second-order valence-electron chi connectivity index (χ2n) is 5.77. The van der Waals surface area contributed by atoms with Gasteiger partial charge >= 0.3 is 6.01 Å². The largest absolute Gasteiger partial charge is 0.343 e. The summed E-state index contributed by atoms with van der Waals surface area (Å²) in [7, 11) is 0. The van der Waals surface area contributed by atoms with Crippen LogP contribution in [0.25, 0.3) is 20.9 Å². The number of aryl methyl sites for hydroxylation is 1. The van der Waals surface area contributed by atoms with E-state index in [0.29, 0.717) is 5.56 Å². The molecule has 0 unspecified atom stereocenters. The summed E-state index contributed by atoms with van der Waals surface area (Å²) in [6, 6.07) is 16.8. The molecule has 1 N–H and O–H groups in total. The van der Waals surface area contributed by atoms with Crippen LogP contribution in [0.5, 0.6) is 6.01 Å². The highest BCUT2D eigenvalue weighted by atomic mass is 32.1. The third-order valence-electron chi connectivity index (χ3n) is 3.99. The fourth-order valence-electron chi connectivity index (χ4n) is 2.60. The lowest BCUT2D eigenvalue weighted by Gasteiger charge is -2.08. The van der Waals surface area contributed by atoms with Gasteiger partial charge in [-0.2, -0.15) is 10.5 Å². The zero-order chi connectivity index (χ0) is 18.6. The van der Waals surface area contributed by atoms with E-state index in [1.165, 1.54) is 0 Å². The Morgan fingerprint density at radius 3 is 2.63 bits per heavy atom. The lowest BCUT2D eigenvalue weighted by Crippen LogP contribution is -2.27. The average molecular weight is 376 g/mol. The van der Waals surface area contributed by atoms with Crippen molar-refractivity contribution in [3.8, 4) is 16.7 Å². The van der Waals surface area contributed by atoms with Crippen LogP contribution in [0.4, 0.5) is 0 Å². The van der Waals surface area contributed by atoms with Crippen LogP contribution in [0, 0.1) is 0 Å². The number of carbonyl (C=O) groups is 1. The molecule has 7 heteroatoms. The number of hydroxylamine groups is 1. The number of nitrogens with zero attached hydrogens (tertiary/aromatic N) is 3. The third-order valence-corrected chi connectivity index (χ3v) is 5.03. The van der Waals surface area contributed by atoms with Crippen molar-refractivity contribution in [2.24, 2.45) is 0 Å². The van der Waals surface area contributed by atoms with Crippen molar-refractivity contribution in [3.63, 3.8) is 0 Å². The van der Waals surface area contributed by atoms with E-state index >= 15 is 0 Å². The minimum Gasteiger partial charge on any atom is -0.337 e. The second kappa shape index (κ2) is 7.51. The van der Waals surface area contributed by atoms with Gasteiger partial charge in [0.1, 0.15) is 10.7 Å². The van der Waals surface area contributed by atoms with Gasteiger partial charge in [-0.25, -0.2) is 9.97 Å². The van der Waals surface area contributed by atoms with Gasteiger partial charge in [0.15, 0.2) is 0 Å². The van der Waals surface area contributed by atoms with Gasteiger partial charge in [0, 0.05) is 11.8 Å². The van der Waals surface area contributed by atoms with Crippen molar-refractivity contribution in [2.45, 2.75) is 13.3 Å². The number of hydrogen-bond donors (Lipinski definition) is 1. The number of fused-ring (bicyclic) bond motifs is 1. The number of hydrogen-bond acceptors (Lipinski definition) is 6. The fraction of sp³-hybridized carbons (Fsp3) is 0.100. The summed E-state index contributed by atoms with van der Waals surface area (Å²) < 4.78 is 1.09. The molecule has 0 saturated heterocycles. The molecule has 4 aromatic rings. The van der Waals surface area contributed by atoms with E-state index in [1.807, 2.05) is 37.3 Å². The molecule has 2 aromatic heterocycles. The van der Waals surface area contributed by atoms with Gasteiger partial charge in [-0.15, -0.1) is 11.3 Å². The van der Waals surface area contributed by atoms with Crippen LogP contribution in [0.3, 0.4) is 0 Å². The maximum Gasteiger partial charge on any atom is 0.343 e. The molecule has 4 rings (SSSR count). The van der Waals surface area contributed by atoms with Crippen molar-refractivity contribution >= 4 is 27.5 Å². The van der Waals surface area contributed by atoms with E-state index in [1.54, 1.807) is 41.8 Å². The van der Waals surface area contributed by atoms with E-state index in [-0.39, 0.29) is 11.9 Å². The summed E-state index contributed by atoms with van der Waals surface area (Å²) in [6.45, 7) is 2.03. The van der Waals surface area contributed by atoms with E-state index in [2.05, 4.69) is 20.4 Å². The highest BCUT2D eigenvalue weighted by molar-refractivity contribution is 7.21. The van der Waals surface area contributed by atoms with Gasteiger partial charge in [0.2, 0.25) is 0 Å². The zero-order valence-corrected chi connectivity index (χ0v) is 15.4. The summed E-state index contributed by atoms with van der Waals surface area (Å²) in [5, 5.41) is 0.801. The van der Waals surface area contributed by atoms with Crippen LogP contribution in [-0.2, 0) is 6.42 Å². The molecular formula is C20H16N4O2S. The molecule has 2 heterocycles. The Balaban J connectivity index is 1.60. The van der Waals surface area contributed by atoms with E-state index < -0.39 is 0 Å². The second-order valence-corrected chi connectivity index (χ2v) is 6.80. The Morgan fingerprint density at radius 1 is 1.07 bits per heavy atom. The monoisotopic (exact) mass is 376 g/mol. The van der Waals surface area contributed by atoms with Gasteiger partial charge in [-0.1, -0.05) is 37.3 Å². The quantitative estimate of drug-likeness (QED) is 0.532. The number of rotatable bonds is 5. The first-order chi connectivity index (χ1) is 13.2. The lowest BCUT2D eigenvalue weighted by molar-refractivity contribution is 0.0739. The maximum atomic E-state index is 12.1. The Kier molecular flexibility index (Phi) is 4.76. The molecule has 0 bridgehead atoms. The van der Waals surface area contributed by atoms with Crippen LogP contribution in [0.15, 0.2) is 60.8 Å². The third kappa shape index (κ3) is 3.63. The minimum atomic E-state index is -0.361. The van der Waals surface area contributed by atoms with Crippen LogP contribution >= 0.6 is 11.3 Å². The number of amides is 1. The average Bonchev–Trinajstić information content (AvgIpc) is 3.16. The van der Waals surface area contributed by atoms with Gasteiger partial charge in [-0.3, -0.25) is 4.79 Å². The number of nitrogens with one attached hydrogen (secondary N) is 1. The topological polar surface area (TPSA) is 77.0 Å². The van der Waals surface area contributed by atoms with Crippen LogP contribution in [0.2, 0.25) is 0 Å². The van der Waals surface area contributed by atoms with Crippen molar-refractivity contribution in [1.82, 2.24) is 20.4 Å². The molecule has 0 radical (unpaired) electrons. The number of thiazole rings is 1. The molecular weight excluding hydrogens is 360 g/mol. The normalized spacial score (nSPS) is 10.7. The molecule has 0 fully saturated rings. The molecule has 0 saturated carbocycles. The molecule has 0 aliphatic carbocycles. The highest BCUT2D eigenvalue weighted by Crippen LogP contribution is 2.31. The summed E-state index contributed by atoms with van der Waals surface area (Å²) >= 11 is 1.57. The smallest absolute Gasteiger partial charge is 0.337 e. The van der Waals surface area contributed by atoms with Crippen LogP contribution in [0.1, 0.15) is 22.8 Å². The number of para-hydroxylation sites is 1.